The van der Waals surface area contributed by atoms with E-state index < -0.39 is 0 Å². The first kappa shape index (κ1) is 16.6. The highest BCUT2D eigenvalue weighted by atomic mass is 32.1. The highest BCUT2D eigenvalue weighted by Crippen LogP contribution is 2.29. The normalized spacial score (nSPS) is 13.7. The number of hydrogen-bond acceptors (Lipinski definition) is 6. The number of thiazole rings is 1. The molecule has 3 heterocycles. The van der Waals surface area contributed by atoms with Crippen LogP contribution in [0.25, 0.3) is 0 Å². The smallest absolute Gasteiger partial charge is 0.279 e. The van der Waals surface area contributed by atoms with Crippen molar-refractivity contribution in [1.29, 1.82) is 0 Å². The number of fused-ring (bicyclic) bond motifs is 1. The van der Waals surface area contributed by atoms with Crippen LogP contribution in [0.1, 0.15) is 53.0 Å². The second-order valence-corrected chi connectivity index (χ2v) is 6.92. The number of carbonyl (C=O) groups is 2. The number of carbonyl (C=O) groups excluding carboxylic acids is 2. The molecular weight excluding hydrogens is 328 g/mol. The van der Waals surface area contributed by atoms with Crippen LogP contribution in [0.3, 0.4) is 0 Å². The molecule has 1 aliphatic heterocycles. The Balaban J connectivity index is 1.65. The third-order valence-electron chi connectivity index (χ3n) is 3.91. The van der Waals surface area contributed by atoms with Crippen LogP contribution >= 0.6 is 11.3 Å². The van der Waals surface area contributed by atoms with E-state index in [1.807, 2.05) is 4.90 Å². The molecule has 0 aliphatic carbocycles. The number of amides is 2. The van der Waals surface area contributed by atoms with E-state index in [-0.39, 0.29) is 17.5 Å². The Hall–Kier alpha value is -2.22. The van der Waals surface area contributed by atoms with E-state index in [4.69, 9.17) is 4.52 Å². The van der Waals surface area contributed by atoms with Gasteiger partial charge in [-0.25, -0.2) is 4.98 Å². The largest absolute Gasteiger partial charge is 0.361 e. The maximum Gasteiger partial charge on any atom is 0.279 e. The SMILES string of the molecule is CCCCC(=O)N1CCc2nc(NC(=O)c3cc(C)on3)sc2C1. The third-order valence-corrected chi connectivity index (χ3v) is 4.91. The van der Waals surface area contributed by atoms with Crippen molar-refractivity contribution in [2.24, 2.45) is 0 Å². The van der Waals surface area contributed by atoms with Crippen LogP contribution in [0.2, 0.25) is 0 Å². The second-order valence-electron chi connectivity index (χ2n) is 5.83. The molecule has 0 saturated carbocycles. The number of aryl methyl sites for hydroxylation is 1. The van der Waals surface area contributed by atoms with E-state index in [0.717, 1.165) is 29.8 Å². The van der Waals surface area contributed by atoms with Gasteiger partial charge in [0.05, 0.1) is 12.2 Å². The zero-order valence-electron chi connectivity index (χ0n) is 13.8. The van der Waals surface area contributed by atoms with Crippen molar-refractivity contribution in [1.82, 2.24) is 15.0 Å². The van der Waals surface area contributed by atoms with E-state index in [0.29, 0.717) is 30.4 Å². The molecule has 1 aliphatic rings. The van der Waals surface area contributed by atoms with Crippen LogP contribution in [-0.2, 0) is 17.8 Å². The molecule has 0 atom stereocenters. The molecule has 7 nitrogen and oxygen atoms in total. The van der Waals surface area contributed by atoms with Crippen molar-refractivity contribution < 1.29 is 14.1 Å². The predicted octanol–water partition coefficient (Wildman–Crippen LogP) is 2.77. The molecule has 0 spiro atoms. The summed E-state index contributed by atoms with van der Waals surface area (Å²) < 4.78 is 4.91. The minimum atomic E-state index is -0.339. The molecule has 0 saturated heterocycles. The molecule has 2 aromatic heterocycles. The summed E-state index contributed by atoms with van der Waals surface area (Å²) in [7, 11) is 0. The molecule has 2 amide bonds. The van der Waals surface area contributed by atoms with Crippen molar-refractivity contribution >= 4 is 28.3 Å². The lowest BCUT2D eigenvalue weighted by molar-refractivity contribution is -0.132. The first-order valence-corrected chi connectivity index (χ1v) is 8.89. The van der Waals surface area contributed by atoms with Crippen LogP contribution in [0.15, 0.2) is 10.6 Å². The van der Waals surface area contributed by atoms with E-state index in [2.05, 4.69) is 22.4 Å². The number of nitrogens with zero attached hydrogens (tertiary/aromatic N) is 3. The molecule has 0 radical (unpaired) electrons. The lowest BCUT2D eigenvalue weighted by Crippen LogP contribution is -2.35. The van der Waals surface area contributed by atoms with Crippen molar-refractivity contribution in [2.75, 3.05) is 11.9 Å². The summed E-state index contributed by atoms with van der Waals surface area (Å²) in [4.78, 5) is 31.6. The van der Waals surface area contributed by atoms with Crippen molar-refractivity contribution in [3.63, 3.8) is 0 Å². The van der Waals surface area contributed by atoms with Gasteiger partial charge < -0.3 is 9.42 Å². The fourth-order valence-corrected chi connectivity index (χ4v) is 3.60. The number of unbranched alkanes of at least 4 members (excludes halogenated alkanes) is 1. The average Bonchev–Trinajstić information content (AvgIpc) is 3.17. The molecular formula is C16H20N4O3S. The Morgan fingerprint density at radius 3 is 3.00 bits per heavy atom. The summed E-state index contributed by atoms with van der Waals surface area (Å²) >= 11 is 1.41. The fraction of sp³-hybridized carbons (Fsp3) is 0.500. The van der Waals surface area contributed by atoms with Gasteiger partial charge in [0.25, 0.3) is 5.91 Å². The van der Waals surface area contributed by atoms with Crippen molar-refractivity contribution in [3.05, 3.63) is 28.1 Å². The van der Waals surface area contributed by atoms with Gasteiger partial charge in [0, 0.05) is 30.3 Å². The Morgan fingerprint density at radius 1 is 1.46 bits per heavy atom. The topological polar surface area (TPSA) is 88.3 Å². The molecule has 24 heavy (non-hydrogen) atoms. The Bertz CT molecular complexity index is 752. The predicted molar refractivity (Wildman–Crippen MR) is 90.0 cm³/mol. The van der Waals surface area contributed by atoms with Gasteiger partial charge in [-0.1, -0.05) is 29.8 Å². The maximum atomic E-state index is 12.2. The second kappa shape index (κ2) is 7.12. The molecule has 2 aromatic rings. The molecule has 8 heteroatoms. The summed E-state index contributed by atoms with van der Waals surface area (Å²) in [5.41, 5.74) is 1.20. The van der Waals surface area contributed by atoms with E-state index in [1.165, 1.54) is 11.3 Å². The zero-order valence-corrected chi connectivity index (χ0v) is 14.6. The molecule has 3 rings (SSSR count). The highest BCUT2D eigenvalue weighted by molar-refractivity contribution is 7.15. The third kappa shape index (κ3) is 3.64. The van der Waals surface area contributed by atoms with Crippen LogP contribution in [0.4, 0.5) is 5.13 Å². The van der Waals surface area contributed by atoms with Gasteiger partial charge in [0.2, 0.25) is 5.91 Å². The van der Waals surface area contributed by atoms with Crippen LogP contribution in [0, 0.1) is 6.92 Å². The van der Waals surface area contributed by atoms with Crippen LogP contribution in [-0.4, -0.2) is 33.4 Å². The lowest BCUT2D eigenvalue weighted by Gasteiger charge is -2.26. The van der Waals surface area contributed by atoms with Crippen LogP contribution in [0.5, 0.6) is 0 Å². The zero-order chi connectivity index (χ0) is 17.1. The Morgan fingerprint density at radius 2 is 2.29 bits per heavy atom. The van der Waals surface area contributed by atoms with E-state index >= 15 is 0 Å². The van der Waals surface area contributed by atoms with Gasteiger partial charge in [0.15, 0.2) is 10.8 Å². The summed E-state index contributed by atoms with van der Waals surface area (Å²) in [5, 5.41) is 6.98. The summed E-state index contributed by atoms with van der Waals surface area (Å²) in [6.07, 6.45) is 3.26. The van der Waals surface area contributed by atoms with Crippen molar-refractivity contribution in [3.8, 4) is 0 Å². The minimum Gasteiger partial charge on any atom is -0.361 e. The summed E-state index contributed by atoms with van der Waals surface area (Å²) in [5.74, 6) is 0.438. The van der Waals surface area contributed by atoms with E-state index in [9.17, 15) is 9.59 Å². The maximum absolute atomic E-state index is 12.2. The van der Waals surface area contributed by atoms with Gasteiger partial charge in [0.1, 0.15) is 5.76 Å². The van der Waals surface area contributed by atoms with Gasteiger partial charge in [-0.3, -0.25) is 14.9 Å². The number of rotatable bonds is 5. The fourth-order valence-electron chi connectivity index (χ4n) is 2.58. The first-order chi connectivity index (χ1) is 11.6. The molecule has 128 valence electrons. The Kier molecular flexibility index (Phi) is 4.94. The number of aromatic nitrogens is 2. The summed E-state index contributed by atoms with van der Waals surface area (Å²) in [6, 6.07) is 1.58. The van der Waals surface area contributed by atoms with Gasteiger partial charge >= 0.3 is 0 Å². The highest BCUT2D eigenvalue weighted by Gasteiger charge is 2.24. The van der Waals surface area contributed by atoms with Gasteiger partial charge in [-0.15, -0.1) is 0 Å². The number of nitrogens with one attached hydrogen (secondary N) is 1. The van der Waals surface area contributed by atoms with E-state index in [1.54, 1.807) is 13.0 Å². The standard InChI is InChI=1S/C16H20N4O3S/c1-3-4-5-14(21)20-7-6-11-13(9-20)24-16(17-11)18-15(22)12-8-10(2)23-19-12/h8H,3-7,9H2,1-2H3,(H,17,18,22). The average molecular weight is 348 g/mol. The molecule has 1 N–H and O–H groups in total. The molecule has 0 bridgehead atoms. The Labute approximate surface area is 144 Å². The molecule has 0 unspecified atom stereocenters. The number of hydrogen-bond donors (Lipinski definition) is 1. The van der Waals surface area contributed by atoms with Crippen LogP contribution < -0.4 is 5.32 Å². The summed E-state index contributed by atoms with van der Waals surface area (Å²) in [6.45, 7) is 5.08. The first-order valence-electron chi connectivity index (χ1n) is 8.08. The molecule has 0 aromatic carbocycles. The van der Waals surface area contributed by atoms with Crippen molar-refractivity contribution in [2.45, 2.75) is 46.1 Å². The molecule has 0 fully saturated rings. The van der Waals surface area contributed by atoms with Gasteiger partial charge in [-0.2, -0.15) is 0 Å². The number of anilines is 1. The monoisotopic (exact) mass is 348 g/mol. The van der Waals surface area contributed by atoms with Gasteiger partial charge in [-0.05, 0) is 13.3 Å². The quantitative estimate of drug-likeness (QED) is 0.897. The lowest BCUT2D eigenvalue weighted by atomic mass is 10.1. The minimum absolute atomic E-state index is 0.194.